The van der Waals surface area contributed by atoms with E-state index in [0.29, 0.717) is 26.2 Å². The van der Waals surface area contributed by atoms with Crippen LogP contribution in [0.2, 0.25) is 0 Å². The van der Waals surface area contributed by atoms with E-state index in [-0.39, 0.29) is 17.9 Å². The monoisotopic (exact) mass is 363 g/mol. The zero-order valence-electron chi connectivity index (χ0n) is 15.2. The molecule has 1 saturated heterocycles. The maximum atomic E-state index is 11.2. The van der Waals surface area contributed by atoms with Gasteiger partial charge in [-0.2, -0.15) is 0 Å². The van der Waals surface area contributed by atoms with E-state index < -0.39 is 9.84 Å². The Labute approximate surface area is 146 Å². The zero-order chi connectivity index (χ0) is 17.8. The topological polar surface area (TPSA) is 89.0 Å². The molecular formula is C16H33N3O4S. The molecule has 1 aliphatic rings. The number of hydrogen-bond donors (Lipinski definition) is 2. The van der Waals surface area contributed by atoms with Gasteiger partial charge in [0.25, 0.3) is 0 Å². The van der Waals surface area contributed by atoms with Crippen LogP contribution in [0.3, 0.4) is 0 Å². The minimum absolute atomic E-state index is 0.0493. The number of sulfone groups is 1. The number of hydrogen-bond acceptors (Lipinski definition) is 5. The molecular weight excluding hydrogens is 330 g/mol. The number of ether oxygens (including phenoxy) is 2. The van der Waals surface area contributed by atoms with Gasteiger partial charge in [-0.25, -0.2) is 8.42 Å². The first kappa shape index (κ1) is 21.2. The second kappa shape index (κ2) is 11.7. The molecule has 2 unspecified atom stereocenters. The summed E-state index contributed by atoms with van der Waals surface area (Å²) in [6.45, 7) is 7.59. The minimum Gasteiger partial charge on any atom is -0.379 e. The Balaban J connectivity index is 2.20. The standard InChI is InChI=1S/C16H33N3O4S/c1-4-17-16(19-14(2)8-12-24(3,20)21)18-9-6-10-22-13-15-7-5-11-23-15/h14-15H,4-13H2,1-3H3,(H2,17,18,19). The maximum absolute atomic E-state index is 11.2. The first-order valence-corrected chi connectivity index (χ1v) is 10.9. The SMILES string of the molecule is CCNC(=NCCCOCC1CCCO1)NC(C)CCS(C)(=O)=O. The molecule has 0 radical (unpaired) electrons. The van der Waals surface area contributed by atoms with Crippen molar-refractivity contribution in [2.45, 2.75) is 51.7 Å². The van der Waals surface area contributed by atoms with Gasteiger partial charge < -0.3 is 20.1 Å². The van der Waals surface area contributed by atoms with E-state index in [4.69, 9.17) is 9.47 Å². The van der Waals surface area contributed by atoms with Crippen molar-refractivity contribution >= 4 is 15.8 Å². The van der Waals surface area contributed by atoms with E-state index in [0.717, 1.165) is 38.4 Å². The third-order valence-corrected chi connectivity index (χ3v) is 4.67. The van der Waals surface area contributed by atoms with Gasteiger partial charge in [-0.15, -0.1) is 0 Å². The first-order chi connectivity index (χ1) is 11.4. The fourth-order valence-electron chi connectivity index (χ4n) is 2.36. The van der Waals surface area contributed by atoms with Crippen LogP contribution in [0.5, 0.6) is 0 Å². The summed E-state index contributed by atoms with van der Waals surface area (Å²) < 4.78 is 33.6. The third kappa shape index (κ3) is 10.8. The second-order valence-electron chi connectivity index (χ2n) is 6.29. The zero-order valence-corrected chi connectivity index (χ0v) is 16.0. The van der Waals surface area contributed by atoms with Gasteiger partial charge in [0.05, 0.1) is 18.5 Å². The number of nitrogens with one attached hydrogen (secondary N) is 2. The van der Waals surface area contributed by atoms with Gasteiger partial charge in [0, 0.05) is 38.6 Å². The molecule has 0 aromatic carbocycles. The van der Waals surface area contributed by atoms with Crippen molar-refractivity contribution in [2.24, 2.45) is 4.99 Å². The van der Waals surface area contributed by atoms with Crippen LogP contribution in [0.15, 0.2) is 4.99 Å². The van der Waals surface area contributed by atoms with Crippen LogP contribution >= 0.6 is 0 Å². The summed E-state index contributed by atoms with van der Waals surface area (Å²) in [6, 6.07) is 0.0493. The summed E-state index contributed by atoms with van der Waals surface area (Å²) >= 11 is 0. The van der Waals surface area contributed by atoms with Crippen LogP contribution in [-0.4, -0.2) is 71.4 Å². The van der Waals surface area contributed by atoms with Gasteiger partial charge in [-0.3, -0.25) is 4.99 Å². The molecule has 0 aromatic rings. The highest BCUT2D eigenvalue weighted by Crippen LogP contribution is 2.11. The van der Waals surface area contributed by atoms with Gasteiger partial charge in [0.1, 0.15) is 9.84 Å². The van der Waals surface area contributed by atoms with Crippen molar-refractivity contribution in [3.05, 3.63) is 0 Å². The molecule has 0 aliphatic carbocycles. The Bertz CT molecular complexity index is 462. The molecule has 7 nitrogen and oxygen atoms in total. The second-order valence-corrected chi connectivity index (χ2v) is 8.55. The summed E-state index contributed by atoms with van der Waals surface area (Å²) in [4.78, 5) is 4.50. The highest BCUT2D eigenvalue weighted by molar-refractivity contribution is 7.90. The van der Waals surface area contributed by atoms with Crippen LogP contribution < -0.4 is 10.6 Å². The number of nitrogens with zero attached hydrogens (tertiary/aromatic N) is 1. The van der Waals surface area contributed by atoms with Crippen molar-refractivity contribution in [2.75, 3.05) is 44.9 Å². The van der Waals surface area contributed by atoms with Crippen LogP contribution in [0.1, 0.15) is 39.5 Å². The van der Waals surface area contributed by atoms with Gasteiger partial charge in [0.15, 0.2) is 5.96 Å². The Morgan fingerprint density at radius 2 is 2.25 bits per heavy atom. The average molecular weight is 364 g/mol. The van der Waals surface area contributed by atoms with Gasteiger partial charge in [-0.05, 0) is 39.5 Å². The first-order valence-electron chi connectivity index (χ1n) is 8.82. The normalized spacial score (nSPS) is 20.1. The van der Waals surface area contributed by atoms with E-state index in [1.54, 1.807) is 0 Å². The van der Waals surface area contributed by atoms with Crippen molar-refractivity contribution in [3.8, 4) is 0 Å². The molecule has 2 N–H and O–H groups in total. The third-order valence-electron chi connectivity index (χ3n) is 3.69. The Hall–Kier alpha value is -0.860. The van der Waals surface area contributed by atoms with Gasteiger partial charge >= 0.3 is 0 Å². The Morgan fingerprint density at radius 1 is 1.46 bits per heavy atom. The largest absolute Gasteiger partial charge is 0.379 e. The van der Waals surface area contributed by atoms with Crippen molar-refractivity contribution in [1.82, 2.24) is 10.6 Å². The highest BCUT2D eigenvalue weighted by Gasteiger charge is 2.15. The predicted molar refractivity (Wildman–Crippen MR) is 97.3 cm³/mol. The van der Waals surface area contributed by atoms with E-state index >= 15 is 0 Å². The Kier molecular flexibility index (Phi) is 10.3. The van der Waals surface area contributed by atoms with Crippen LogP contribution in [-0.2, 0) is 19.3 Å². The summed E-state index contributed by atoms with van der Waals surface area (Å²) in [7, 11) is -2.93. The van der Waals surface area contributed by atoms with Crippen molar-refractivity contribution < 1.29 is 17.9 Å². The molecule has 1 fully saturated rings. The fourth-order valence-corrected chi connectivity index (χ4v) is 3.15. The predicted octanol–water partition coefficient (Wildman–Crippen LogP) is 0.950. The lowest BCUT2D eigenvalue weighted by atomic mass is 10.2. The molecule has 0 amide bonds. The summed E-state index contributed by atoms with van der Waals surface area (Å²) in [6.07, 6.45) is 5.17. The Morgan fingerprint density at radius 3 is 2.88 bits per heavy atom. The quantitative estimate of drug-likeness (QED) is 0.323. The van der Waals surface area contributed by atoms with Crippen molar-refractivity contribution in [1.29, 1.82) is 0 Å². The molecule has 24 heavy (non-hydrogen) atoms. The highest BCUT2D eigenvalue weighted by atomic mass is 32.2. The number of rotatable bonds is 11. The molecule has 0 saturated carbocycles. The van der Waals surface area contributed by atoms with E-state index in [1.165, 1.54) is 6.26 Å². The fraction of sp³-hybridized carbons (Fsp3) is 0.938. The van der Waals surface area contributed by atoms with Crippen molar-refractivity contribution in [3.63, 3.8) is 0 Å². The summed E-state index contributed by atoms with van der Waals surface area (Å²) in [5.74, 6) is 0.898. The molecule has 0 spiro atoms. The molecule has 142 valence electrons. The molecule has 0 bridgehead atoms. The van der Waals surface area contributed by atoms with Crippen LogP contribution in [0.25, 0.3) is 0 Å². The lowest BCUT2D eigenvalue weighted by molar-refractivity contribution is 0.0171. The molecule has 1 rings (SSSR count). The van der Waals surface area contributed by atoms with E-state index in [1.807, 2.05) is 13.8 Å². The minimum atomic E-state index is -2.93. The molecule has 1 aliphatic heterocycles. The van der Waals surface area contributed by atoms with Gasteiger partial charge in [0.2, 0.25) is 0 Å². The number of guanidine groups is 1. The lowest BCUT2D eigenvalue weighted by Crippen LogP contribution is -2.43. The molecule has 0 aromatic heterocycles. The molecule has 1 heterocycles. The summed E-state index contributed by atoms with van der Waals surface area (Å²) in [5.41, 5.74) is 0. The van der Waals surface area contributed by atoms with Crippen LogP contribution in [0, 0.1) is 0 Å². The van der Waals surface area contributed by atoms with E-state index in [9.17, 15) is 8.42 Å². The van der Waals surface area contributed by atoms with Crippen LogP contribution in [0.4, 0.5) is 0 Å². The van der Waals surface area contributed by atoms with Gasteiger partial charge in [-0.1, -0.05) is 0 Å². The maximum Gasteiger partial charge on any atom is 0.191 e. The summed E-state index contributed by atoms with van der Waals surface area (Å²) in [5, 5.41) is 6.41. The smallest absolute Gasteiger partial charge is 0.191 e. The lowest BCUT2D eigenvalue weighted by Gasteiger charge is -2.17. The number of aliphatic imine (C=N–C) groups is 1. The average Bonchev–Trinajstić information content (AvgIpc) is 3.01. The van der Waals surface area contributed by atoms with E-state index in [2.05, 4.69) is 15.6 Å². The molecule has 8 heteroatoms. The molecule has 2 atom stereocenters.